The van der Waals surface area contributed by atoms with Crippen molar-refractivity contribution in [2.75, 3.05) is 0 Å². The molecule has 2 aromatic carbocycles. The maximum absolute atomic E-state index is 9.35. The first-order chi connectivity index (χ1) is 9.88. The number of hydrogen-bond donors (Lipinski definition) is 3. The minimum Gasteiger partial charge on any atom is -0.507 e. The molecule has 3 heteroatoms. The van der Waals surface area contributed by atoms with Crippen LogP contribution in [-0.2, 0) is 5.79 Å². The minimum atomic E-state index is -1.67. The summed E-state index contributed by atoms with van der Waals surface area (Å²) in [6, 6.07) is 16.0. The van der Waals surface area contributed by atoms with Gasteiger partial charge in [-0.1, -0.05) is 62.0 Å². The predicted octanol–water partition coefficient (Wildman–Crippen LogP) is 3.66. The topological polar surface area (TPSA) is 60.7 Å². The van der Waals surface area contributed by atoms with E-state index in [1.807, 2.05) is 25.1 Å². The Kier molecular flexibility index (Phi) is 6.15. The Morgan fingerprint density at radius 1 is 1.00 bits per heavy atom. The van der Waals surface area contributed by atoms with Crippen molar-refractivity contribution in [1.82, 2.24) is 0 Å². The molecule has 21 heavy (non-hydrogen) atoms. The van der Waals surface area contributed by atoms with Crippen LogP contribution in [0.25, 0.3) is 5.57 Å². The SMILES string of the molecule is C=C(C)c1ccccc1O.CCC(O)(O)c1ccccc1. The van der Waals surface area contributed by atoms with Crippen LogP contribution in [0.5, 0.6) is 5.75 Å². The Hall–Kier alpha value is -2.10. The number of hydrogen-bond acceptors (Lipinski definition) is 3. The number of phenolic OH excluding ortho intramolecular Hbond substituents is 1. The molecular weight excluding hydrogens is 264 g/mol. The summed E-state index contributed by atoms with van der Waals surface area (Å²) in [5.74, 6) is -1.36. The summed E-state index contributed by atoms with van der Waals surface area (Å²) in [6.07, 6.45) is 0.303. The maximum atomic E-state index is 9.35. The zero-order chi connectivity index (χ0) is 15.9. The van der Waals surface area contributed by atoms with Crippen LogP contribution in [0, 0.1) is 0 Å². The van der Waals surface area contributed by atoms with E-state index in [9.17, 15) is 15.3 Å². The lowest BCUT2D eigenvalue weighted by Crippen LogP contribution is -2.23. The summed E-state index contributed by atoms with van der Waals surface area (Å²) in [5, 5.41) is 27.9. The van der Waals surface area contributed by atoms with E-state index >= 15 is 0 Å². The molecule has 0 aliphatic rings. The van der Waals surface area contributed by atoms with Gasteiger partial charge in [0.2, 0.25) is 0 Å². The maximum Gasteiger partial charge on any atom is 0.189 e. The number of benzene rings is 2. The van der Waals surface area contributed by atoms with Gasteiger partial charge in [0.1, 0.15) is 5.75 Å². The molecule has 0 unspecified atom stereocenters. The molecule has 0 aromatic heterocycles. The van der Waals surface area contributed by atoms with Crippen LogP contribution in [-0.4, -0.2) is 15.3 Å². The van der Waals surface area contributed by atoms with Crippen molar-refractivity contribution in [2.45, 2.75) is 26.1 Å². The fraction of sp³-hybridized carbons (Fsp3) is 0.222. The van der Waals surface area contributed by atoms with Gasteiger partial charge in [-0.25, -0.2) is 0 Å². The lowest BCUT2D eigenvalue weighted by molar-refractivity contribution is -0.171. The number of allylic oxidation sites excluding steroid dienone is 1. The molecule has 0 fully saturated rings. The van der Waals surface area contributed by atoms with Gasteiger partial charge in [-0.05, 0) is 18.6 Å². The summed E-state index contributed by atoms with van der Waals surface area (Å²) in [7, 11) is 0. The molecular formula is C18H22O3. The van der Waals surface area contributed by atoms with E-state index in [0.717, 1.165) is 11.1 Å². The van der Waals surface area contributed by atoms with E-state index in [1.54, 1.807) is 43.3 Å². The lowest BCUT2D eigenvalue weighted by Gasteiger charge is -2.19. The standard InChI is InChI=1S/C9H12O2.C9H10O/c1-2-9(10,11)8-6-4-3-5-7-8;1-7(2)8-5-3-4-6-9(8)10/h3-7,10-11H,2H2,1H3;3-6,10H,1H2,2H3. The highest BCUT2D eigenvalue weighted by Gasteiger charge is 2.21. The van der Waals surface area contributed by atoms with Crippen molar-refractivity contribution < 1.29 is 15.3 Å². The average molecular weight is 286 g/mol. The highest BCUT2D eigenvalue weighted by molar-refractivity contribution is 5.66. The summed E-state index contributed by atoms with van der Waals surface area (Å²) in [5.41, 5.74) is 2.25. The number of aliphatic hydroxyl groups is 2. The number of aromatic hydroxyl groups is 1. The van der Waals surface area contributed by atoms with E-state index in [4.69, 9.17) is 0 Å². The average Bonchev–Trinajstić information content (AvgIpc) is 2.49. The highest BCUT2D eigenvalue weighted by atomic mass is 16.5. The van der Waals surface area contributed by atoms with E-state index in [1.165, 1.54) is 0 Å². The van der Waals surface area contributed by atoms with Crippen molar-refractivity contribution in [3.8, 4) is 5.75 Å². The Morgan fingerprint density at radius 2 is 1.52 bits per heavy atom. The monoisotopic (exact) mass is 286 g/mol. The molecule has 0 amide bonds. The molecule has 0 atom stereocenters. The second-order valence-corrected chi connectivity index (χ2v) is 4.83. The largest absolute Gasteiger partial charge is 0.507 e. The van der Waals surface area contributed by atoms with Gasteiger partial charge >= 0.3 is 0 Å². The molecule has 112 valence electrons. The van der Waals surface area contributed by atoms with Crippen LogP contribution in [0.15, 0.2) is 61.2 Å². The van der Waals surface area contributed by atoms with Crippen molar-refractivity contribution in [1.29, 1.82) is 0 Å². The predicted molar refractivity (Wildman–Crippen MR) is 85.7 cm³/mol. The van der Waals surface area contributed by atoms with Gasteiger partial charge in [0.15, 0.2) is 5.79 Å². The normalized spacial score (nSPS) is 10.5. The van der Waals surface area contributed by atoms with Crippen molar-refractivity contribution in [2.24, 2.45) is 0 Å². The van der Waals surface area contributed by atoms with Gasteiger partial charge in [-0.15, -0.1) is 0 Å². The van der Waals surface area contributed by atoms with Gasteiger partial charge in [0, 0.05) is 17.5 Å². The summed E-state index contributed by atoms with van der Waals surface area (Å²) >= 11 is 0. The van der Waals surface area contributed by atoms with Crippen LogP contribution in [0.3, 0.4) is 0 Å². The van der Waals surface area contributed by atoms with E-state index < -0.39 is 5.79 Å². The van der Waals surface area contributed by atoms with E-state index in [0.29, 0.717) is 17.7 Å². The molecule has 0 aliphatic heterocycles. The molecule has 0 saturated carbocycles. The number of rotatable bonds is 3. The summed E-state index contributed by atoms with van der Waals surface area (Å²) in [6.45, 7) is 7.33. The fourth-order valence-electron chi connectivity index (χ4n) is 1.74. The fourth-order valence-corrected chi connectivity index (χ4v) is 1.74. The van der Waals surface area contributed by atoms with Gasteiger partial charge in [0.25, 0.3) is 0 Å². The second kappa shape index (κ2) is 7.62. The quantitative estimate of drug-likeness (QED) is 0.755. The Labute approximate surface area is 125 Å². The Balaban J connectivity index is 0.000000211. The third-order valence-electron chi connectivity index (χ3n) is 3.09. The Bertz CT molecular complexity index is 574. The third-order valence-corrected chi connectivity index (χ3v) is 3.09. The van der Waals surface area contributed by atoms with Gasteiger partial charge in [-0.2, -0.15) is 0 Å². The zero-order valence-corrected chi connectivity index (χ0v) is 12.5. The molecule has 3 N–H and O–H groups in total. The molecule has 0 radical (unpaired) electrons. The lowest BCUT2D eigenvalue weighted by atomic mass is 10.0. The first-order valence-corrected chi connectivity index (χ1v) is 6.82. The van der Waals surface area contributed by atoms with Gasteiger partial charge in [-0.3, -0.25) is 0 Å². The number of para-hydroxylation sites is 1. The van der Waals surface area contributed by atoms with Crippen LogP contribution < -0.4 is 0 Å². The Morgan fingerprint density at radius 3 is 1.95 bits per heavy atom. The molecule has 2 rings (SSSR count). The number of phenols is 1. The van der Waals surface area contributed by atoms with Crippen LogP contribution >= 0.6 is 0 Å². The van der Waals surface area contributed by atoms with Crippen molar-refractivity contribution >= 4 is 5.57 Å². The molecule has 0 spiro atoms. The van der Waals surface area contributed by atoms with Crippen molar-refractivity contribution in [3.05, 3.63) is 72.3 Å². The zero-order valence-electron chi connectivity index (χ0n) is 12.5. The molecule has 3 nitrogen and oxygen atoms in total. The first-order valence-electron chi connectivity index (χ1n) is 6.82. The van der Waals surface area contributed by atoms with Crippen LogP contribution in [0.1, 0.15) is 31.4 Å². The second-order valence-electron chi connectivity index (χ2n) is 4.83. The summed E-state index contributed by atoms with van der Waals surface area (Å²) < 4.78 is 0. The third kappa shape index (κ3) is 5.06. The first kappa shape index (κ1) is 17.0. The summed E-state index contributed by atoms with van der Waals surface area (Å²) in [4.78, 5) is 0. The molecule has 0 bridgehead atoms. The molecule has 0 aliphatic carbocycles. The van der Waals surface area contributed by atoms with E-state index in [2.05, 4.69) is 6.58 Å². The minimum absolute atomic E-state index is 0.301. The molecule has 2 aromatic rings. The van der Waals surface area contributed by atoms with Gasteiger partial charge < -0.3 is 15.3 Å². The highest BCUT2D eigenvalue weighted by Crippen LogP contribution is 2.22. The van der Waals surface area contributed by atoms with Gasteiger partial charge in [0.05, 0.1) is 0 Å². The van der Waals surface area contributed by atoms with E-state index in [-0.39, 0.29) is 0 Å². The molecule has 0 saturated heterocycles. The van der Waals surface area contributed by atoms with Crippen molar-refractivity contribution in [3.63, 3.8) is 0 Å². The molecule has 0 heterocycles. The smallest absolute Gasteiger partial charge is 0.189 e. The van der Waals surface area contributed by atoms with Crippen LogP contribution in [0.4, 0.5) is 0 Å². The van der Waals surface area contributed by atoms with Crippen LogP contribution in [0.2, 0.25) is 0 Å².